The molecule has 31 heavy (non-hydrogen) atoms. The monoisotopic (exact) mass is 416 g/mol. The summed E-state index contributed by atoms with van der Waals surface area (Å²) >= 11 is 0. The highest BCUT2D eigenvalue weighted by atomic mass is 16.2. The summed E-state index contributed by atoms with van der Waals surface area (Å²) in [6, 6.07) is 18.3. The Labute approximate surface area is 182 Å². The quantitative estimate of drug-likeness (QED) is 0.733. The molecule has 2 bridgehead atoms. The molecule has 2 aliphatic carbocycles. The van der Waals surface area contributed by atoms with Crippen molar-refractivity contribution in [3.05, 3.63) is 71.8 Å². The summed E-state index contributed by atoms with van der Waals surface area (Å²) in [6.07, 6.45) is 3.38. The average Bonchev–Trinajstić information content (AvgIpc) is 3.47. The minimum Gasteiger partial charge on any atom is -0.348 e. The van der Waals surface area contributed by atoms with E-state index in [1.807, 2.05) is 67.6 Å². The van der Waals surface area contributed by atoms with Gasteiger partial charge in [-0.1, -0.05) is 60.7 Å². The number of nitrogens with one attached hydrogen (secondary N) is 1. The molecule has 0 unspecified atom stereocenters. The van der Waals surface area contributed by atoms with Gasteiger partial charge in [-0.2, -0.15) is 0 Å². The van der Waals surface area contributed by atoms with E-state index in [2.05, 4.69) is 5.32 Å². The Balaban J connectivity index is 1.43. The van der Waals surface area contributed by atoms with Gasteiger partial charge in [0.15, 0.2) is 0 Å². The van der Waals surface area contributed by atoms with Gasteiger partial charge in [0.1, 0.15) is 6.04 Å². The van der Waals surface area contributed by atoms with E-state index in [4.69, 9.17) is 0 Å². The van der Waals surface area contributed by atoms with Crippen molar-refractivity contribution in [2.75, 3.05) is 0 Å². The lowest BCUT2D eigenvalue weighted by Crippen LogP contribution is -2.52. The third-order valence-corrected chi connectivity index (χ3v) is 7.51. The maximum atomic E-state index is 13.5. The van der Waals surface area contributed by atoms with Crippen molar-refractivity contribution in [1.82, 2.24) is 10.2 Å². The van der Waals surface area contributed by atoms with Crippen LogP contribution in [0, 0.1) is 23.7 Å². The Morgan fingerprint density at radius 1 is 0.935 bits per heavy atom. The van der Waals surface area contributed by atoms with Gasteiger partial charge in [-0.15, -0.1) is 0 Å². The number of benzene rings is 2. The molecule has 5 nitrogen and oxygen atoms in total. The Kier molecular flexibility index (Phi) is 5.12. The van der Waals surface area contributed by atoms with Gasteiger partial charge in [0.2, 0.25) is 17.7 Å². The lowest BCUT2D eigenvalue weighted by atomic mass is 9.81. The van der Waals surface area contributed by atoms with Crippen molar-refractivity contribution in [2.24, 2.45) is 23.7 Å². The van der Waals surface area contributed by atoms with E-state index in [-0.39, 0.29) is 35.6 Å². The summed E-state index contributed by atoms with van der Waals surface area (Å²) in [7, 11) is 0. The maximum absolute atomic E-state index is 13.5. The van der Waals surface area contributed by atoms with Gasteiger partial charge < -0.3 is 5.32 Å². The molecule has 160 valence electrons. The number of imide groups is 1. The second kappa shape index (κ2) is 7.95. The van der Waals surface area contributed by atoms with E-state index in [1.54, 1.807) is 0 Å². The van der Waals surface area contributed by atoms with E-state index in [0.29, 0.717) is 18.3 Å². The van der Waals surface area contributed by atoms with Gasteiger partial charge in [-0.05, 0) is 49.1 Å². The van der Waals surface area contributed by atoms with Crippen LogP contribution in [0.4, 0.5) is 0 Å². The van der Waals surface area contributed by atoms with E-state index in [0.717, 1.165) is 30.4 Å². The molecule has 3 aliphatic rings. The van der Waals surface area contributed by atoms with Crippen molar-refractivity contribution in [2.45, 2.75) is 44.7 Å². The van der Waals surface area contributed by atoms with E-state index in [9.17, 15) is 14.4 Å². The van der Waals surface area contributed by atoms with Crippen LogP contribution in [0.1, 0.15) is 43.4 Å². The van der Waals surface area contributed by atoms with Crippen LogP contribution in [0.5, 0.6) is 0 Å². The molecule has 6 atom stereocenters. The first-order chi connectivity index (χ1) is 15.0. The molecular weight excluding hydrogens is 388 g/mol. The molecule has 1 aliphatic heterocycles. The summed E-state index contributed by atoms with van der Waals surface area (Å²) in [5.41, 5.74) is 1.93. The predicted octanol–water partition coefficient (Wildman–Crippen LogP) is 3.51. The third-order valence-electron chi connectivity index (χ3n) is 7.51. The van der Waals surface area contributed by atoms with Crippen LogP contribution in [-0.2, 0) is 20.8 Å². The molecule has 2 saturated carbocycles. The second-order valence-corrected chi connectivity index (χ2v) is 9.28. The topological polar surface area (TPSA) is 66.5 Å². The number of hydrogen-bond donors (Lipinski definition) is 1. The number of fused-ring (bicyclic) bond motifs is 5. The zero-order valence-electron chi connectivity index (χ0n) is 17.7. The van der Waals surface area contributed by atoms with Crippen molar-refractivity contribution in [3.8, 4) is 0 Å². The van der Waals surface area contributed by atoms with Gasteiger partial charge >= 0.3 is 0 Å². The zero-order chi connectivity index (χ0) is 21.5. The SMILES string of the molecule is C[C@@H](NC(=O)[C@@H](Cc1ccccc1)N1C(=O)[C@@H]2[C@@H]3CC[C@@H](C3)[C@@H]2C1=O)c1ccccc1. The van der Waals surface area contributed by atoms with Crippen LogP contribution in [-0.4, -0.2) is 28.7 Å². The Bertz CT molecular complexity index is 962. The first-order valence-corrected chi connectivity index (χ1v) is 11.3. The largest absolute Gasteiger partial charge is 0.348 e. The zero-order valence-corrected chi connectivity index (χ0v) is 17.7. The molecule has 1 heterocycles. The second-order valence-electron chi connectivity index (χ2n) is 9.28. The van der Waals surface area contributed by atoms with Crippen LogP contribution >= 0.6 is 0 Å². The Morgan fingerprint density at radius 2 is 1.48 bits per heavy atom. The van der Waals surface area contributed by atoms with Crippen LogP contribution < -0.4 is 5.32 Å². The van der Waals surface area contributed by atoms with Gasteiger partial charge in [0.25, 0.3) is 0 Å². The standard InChI is InChI=1S/C26H28N2O3/c1-16(18-10-6-3-7-11-18)27-24(29)21(14-17-8-4-2-5-9-17)28-25(30)22-19-12-13-20(15-19)23(22)26(28)31/h2-11,16,19-23H,12-15H2,1H3,(H,27,29)/t16-,19-,20+,21-,22-,23+/m1/s1. The summed E-state index contributed by atoms with van der Waals surface area (Å²) < 4.78 is 0. The highest BCUT2D eigenvalue weighted by Crippen LogP contribution is 2.56. The van der Waals surface area contributed by atoms with E-state index in [1.165, 1.54) is 4.90 Å². The number of carbonyl (C=O) groups is 3. The van der Waals surface area contributed by atoms with Crippen molar-refractivity contribution < 1.29 is 14.4 Å². The summed E-state index contributed by atoms with van der Waals surface area (Å²) in [5.74, 6) is -0.362. The molecule has 0 spiro atoms. The van der Waals surface area contributed by atoms with E-state index < -0.39 is 6.04 Å². The molecule has 1 N–H and O–H groups in total. The molecule has 2 aromatic carbocycles. The molecule has 1 saturated heterocycles. The number of carbonyl (C=O) groups excluding carboxylic acids is 3. The molecule has 2 aromatic rings. The number of likely N-dealkylation sites (tertiary alicyclic amines) is 1. The van der Waals surface area contributed by atoms with E-state index >= 15 is 0 Å². The highest BCUT2D eigenvalue weighted by molar-refractivity contribution is 6.09. The fourth-order valence-corrected chi connectivity index (χ4v) is 6.01. The molecule has 5 heteroatoms. The van der Waals surface area contributed by atoms with Crippen LogP contribution in [0.25, 0.3) is 0 Å². The fraction of sp³-hybridized carbons (Fsp3) is 0.423. The smallest absolute Gasteiger partial charge is 0.244 e. The molecule has 3 fully saturated rings. The lowest BCUT2D eigenvalue weighted by molar-refractivity contribution is -0.148. The number of amides is 3. The Morgan fingerprint density at radius 3 is 2.06 bits per heavy atom. The number of rotatable bonds is 6. The number of nitrogens with zero attached hydrogens (tertiary/aromatic N) is 1. The minimum atomic E-state index is -0.821. The molecular formula is C26H28N2O3. The molecule has 5 rings (SSSR count). The summed E-state index contributed by atoms with van der Waals surface area (Å²) in [5, 5.41) is 3.05. The maximum Gasteiger partial charge on any atom is 0.244 e. The van der Waals surface area contributed by atoms with Crippen molar-refractivity contribution in [1.29, 1.82) is 0 Å². The van der Waals surface area contributed by atoms with Crippen LogP contribution in [0.3, 0.4) is 0 Å². The lowest BCUT2D eigenvalue weighted by Gasteiger charge is -2.28. The molecule has 0 aromatic heterocycles. The van der Waals surface area contributed by atoms with Gasteiger partial charge in [0, 0.05) is 6.42 Å². The van der Waals surface area contributed by atoms with Crippen molar-refractivity contribution >= 4 is 17.7 Å². The van der Waals surface area contributed by atoms with Gasteiger partial charge in [-0.25, -0.2) is 0 Å². The van der Waals surface area contributed by atoms with Crippen molar-refractivity contribution in [3.63, 3.8) is 0 Å². The summed E-state index contributed by atoms with van der Waals surface area (Å²) in [6.45, 7) is 1.93. The van der Waals surface area contributed by atoms with Gasteiger partial charge in [-0.3, -0.25) is 19.3 Å². The summed E-state index contributed by atoms with van der Waals surface area (Å²) in [4.78, 5) is 41.6. The normalized spacial score (nSPS) is 28.5. The third kappa shape index (κ3) is 3.46. The molecule has 0 radical (unpaired) electrons. The van der Waals surface area contributed by atoms with Crippen LogP contribution in [0.2, 0.25) is 0 Å². The number of hydrogen-bond acceptors (Lipinski definition) is 3. The fourth-order valence-electron chi connectivity index (χ4n) is 6.01. The first kappa shape index (κ1) is 20.0. The first-order valence-electron chi connectivity index (χ1n) is 11.3. The average molecular weight is 417 g/mol. The highest BCUT2D eigenvalue weighted by Gasteiger charge is 2.62. The Hall–Kier alpha value is -2.95. The van der Waals surface area contributed by atoms with Crippen LogP contribution in [0.15, 0.2) is 60.7 Å². The molecule has 3 amide bonds. The predicted molar refractivity (Wildman–Crippen MR) is 117 cm³/mol. The minimum absolute atomic E-state index is 0.134. The van der Waals surface area contributed by atoms with Gasteiger partial charge in [0.05, 0.1) is 17.9 Å².